The summed E-state index contributed by atoms with van der Waals surface area (Å²) in [5.74, 6) is 1.19. The van der Waals surface area contributed by atoms with Crippen LogP contribution in [0.15, 0.2) is 36.7 Å². The Balaban J connectivity index is 1.35. The molecule has 7 heteroatoms. The second-order valence-electron chi connectivity index (χ2n) is 7.52. The number of nitrogens with zero attached hydrogens (tertiary/aromatic N) is 5. The first-order valence-electron chi connectivity index (χ1n) is 9.10. The van der Waals surface area contributed by atoms with Crippen molar-refractivity contribution >= 4 is 5.91 Å². The minimum absolute atomic E-state index is 0.0245. The topological polar surface area (TPSA) is 63.5 Å². The summed E-state index contributed by atoms with van der Waals surface area (Å²) in [7, 11) is 3.99. The SMILES string of the molecule is CN1CC[C@H](COc2ccccn2)CC12CN(C(=O)c1ccn(C)n1)C2. The molecule has 2 fully saturated rings. The largest absolute Gasteiger partial charge is 0.477 e. The molecule has 138 valence electrons. The fourth-order valence-corrected chi connectivity index (χ4v) is 4.06. The third kappa shape index (κ3) is 3.19. The van der Waals surface area contributed by atoms with Crippen molar-refractivity contribution in [3.05, 3.63) is 42.4 Å². The molecule has 2 aliphatic heterocycles. The van der Waals surface area contributed by atoms with E-state index in [-0.39, 0.29) is 11.4 Å². The molecule has 1 amide bonds. The van der Waals surface area contributed by atoms with E-state index >= 15 is 0 Å². The molecule has 2 saturated heterocycles. The highest BCUT2D eigenvalue weighted by Crippen LogP contribution is 2.38. The van der Waals surface area contributed by atoms with Crippen LogP contribution in [0.4, 0.5) is 0 Å². The van der Waals surface area contributed by atoms with Crippen molar-refractivity contribution < 1.29 is 9.53 Å². The van der Waals surface area contributed by atoms with Crippen LogP contribution in [-0.2, 0) is 7.05 Å². The maximum atomic E-state index is 12.6. The number of amides is 1. The van der Waals surface area contributed by atoms with Gasteiger partial charge in [-0.3, -0.25) is 14.4 Å². The fraction of sp³-hybridized carbons (Fsp3) is 0.526. The van der Waals surface area contributed by atoms with E-state index in [0.29, 0.717) is 24.1 Å². The number of rotatable bonds is 4. The molecule has 0 N–H and O–H groups in total. The van der Waals surface area contributed by atoms with Crippen LogP contribution in [0.5, 0.6) is 5.88 Å². The van der Waals surface area contributed by atoms with Gasteiger partial charge in [0, 0.05) is 38.6 Å². The average Bonchev–Trinajstić information content (AvgIpc) is 3.06. The monoisotopic (exact) mass is 355 g/mol. The summed E-state index contributed by atoms with van der Waals surface area (Å²) in [6.07, 6.45) is 5.71. The number of pyridine rings is 1. The number of hydrogen-bond acceptors (Lipinski definition) is 5. The molecule has 4 rings (SSSR count). The molecular weight excluding hydrogens is 330 g/mol. The Kier molecular flexibility index (Phi) is 4.40. The van der Waals surface area contributed by atoms with Gasteiger partial charge >= 0.3 is 0 Å². The summed E-state index contributed by atoms with van der Waals surface area (Å²) in [4.78, 5) is 21.1. The van der Waals surface area contributed by atoms with Gasteiger partial charge in [0.05, 0.1) is 12.1 Å². The van der Waals surface area contributed by atoms with Crippen molar-refractivity contribution in [1.29, 1.82) is 0 Å². The van der Waals surface area contributed by atoms with Crippen LogP contribution in [0.3, 0.4) is 0 Å². The van der Waals surface area contributed by atoms with Crippen molar-refractivity contribution in [3.63, 3.8) is 0 Å². The molecule has 0 aliphatic carbocycles. The van der Waals surface area contributed by atoms with Crippen molar-refractivity contribution in [2.45, 2.75) is 18.4 Å². The second kappa shape index (κ2) is 6.72. The summed E-state index contributed by atoms with van der Waals surface area (Å²) < 4.78 is 7.53. The van der Waals surface area contributed by atoms with Crippen molar-refractivity contribution in [3.8, 4) is 5.88 Å². The van der Waals surface area contributed by atoms with Gasteiger partial charge in [-0.15, -0.1) is 0 Å². The Labute approximate surface area is 153 Å². The lowest BCUT2D eigenvalue weighted by Crippen LogP contribution is -2.72. The summed E-state index contributed by atoms with van der Waals surface area (Å²) in [5.41, 5.74) is 0.594. The Morgan fingerprint density at radius 1 is 1.31 bits per heavy atom. The van der Waals surface area contributed by atoms with Gasteiger partial charge in [0.2, 0.25) is 5.88 Å². The van der Waals surface area contributed by atoms with Gasteiger partial charge in [-0.2, -0.15) is 5.10 Å². The van der Waals surface area contributed by atoms with Crippen LogP contribution in [0, 0.1) is 5.92 Å². The molecule has 0 aromatic carbocycles. The Bertz CT molecular complexity index is 769. The van der Waals surface area contributed by atoms with Crippen LogP contribution in [0.1, 0.15) is 23.3 Å². The van der Waals surface area contributed by atoms with Gasteiger partial charge < -0.3 is 9.64 Å². The summed E-state index contributed by atoms with van der Waals surface area (Å²) in [5, 5.41) is 4.23. The predicted molar refractivity (Wildman–Crippen MR) is 96.9 cm³/mol. The number of likely N-dealkylation sites (tertiary alicyclic amines) is 2. The second-order valence-corrected chi connectivity index (χ2v) is 7.52. The van der Waals surface area contributed by atoms with E-state index in [2.05, 4.69) is 22.0 Å². The Hall–Kier alpha value is -2.41. The number of ether oxygens (including phenoxy) is 1. The molecule has 0 bridgehead atoms. The normalized spacial score (nSPS) is 22.2. The quantitative estimate of drug-likeness (QED) is 0.830. The fourth-order valence-electron chi connectivity index (χ4n) is 4.06. The van der Waals surface area contributed by atoms with Gasteiger partial charge in [-0.25, -0.2) is 4.98 Å². The number of piperidine rings is 1. The number of aromatic nitrogens is 3. The molecule has 2 aromatic heterocycles. The van der Waals surface area contributed by atoms with E-state index in [9.17, 15) is 4.79 Å². The molecule has 1 spiro atoms. The molecule has 0 radical (unpaired) electrons. The first kappa shape index (κ1) is 17.0. The van der Waals surface area contributed by atoms with Crippen LogP contribution < -0.4 is 4.74 Å². The molecule has 26 heavy (non-hydrogen) atoms. The standard InChI is InChI=1S/C19H25N5O2/c1-22-9-6-15(12-26-17-5-3-4-8-20-17)11-19(22)13-24(14-19)18(25)16-7-10-23(2)21-16/h3-5,7-8,10,15H,6,9,11-14H2,1-2H3/t15-/m0/s1. The van der Waals surface area contributed by atoms with Crippen molar-refractivity contribution in [1.82, 2.24) is 24.6 Å². The van der Waals surface area contributed by atoms with Gasteiger partial charge in [0.1, 0.15) is 5.69 Å². The highest BCUT2D eigenvalue weighted by molar-refractivity contribution is 5.93. The summed E-state index contributed by atoms with van der Waals surface area (Å²) in [6.45, 7) is 3.24. The summed E-state index contributed by atoms with van der Waals surface area (Å²) >= 11 is 0. The third-order valence-electron chi connectivity index (χ3n) is 5.65. The summed E-state index contributed by atoms with van der Waals surface area (Å²) in [6, 6.07) is 7.49. The molecule has 1 atom stereocenters. The zero-order valence-electron chi connectivity index (χ0n) is 15.3. The van der Waals surface area contributed by atoms with Crippen molar-refractivity contribution in [2.24, 2.45) is 13.0 Å². The third-order valence-corrected chi connectivity index (χ3v) is 5.65. The average molecular weight is 355 g/mol. The maximum Gasteiger partial charge on any atom is 0.274 e. The van der Waals surface area contributed by atoms with Crippen molar-refractivity contribution in [2.75, 3.05) is 33.3 Å². The van der Waals surface area contributed by atoms with Gasteiger partial charge in [-0.05, 0) is 44.5 Å². The Morgan fingerprint density at radius 3 is 2.85 bits per heavy atom. The number of aryl methyl sites for hydroxylation is 1. The maximum absolute atomic E-state index is 12.6. The van der Waals surface area contributed by atoms with Crippen LogP contribution >= 0.6 is 0 Å². The molecular formula is C19H25N5O2. The molecule has 0 saturated carbocycles. The van der Waals surface area contributed by atoms with E-state index in [4.69, 9.17) is 4.74 Å². The number of hydrogen-bond donors (Lipinski definition) is 0. The number of likely N-dealkylation sites (N-methyl/N-ethyl adjacent to an activating group) is 1. The highest BCUT2D eigenvalue weighted by Gasteiger charge is 2.51. The van der Waals surface area contributed by atoms with E-state index < -0.39 is 0 Å². The van der Waals surface area contributed by atoms with Gasteiger partial charge in [-0.1, -0.05) is 6.07 Å². The number of carbonyl (C=O) groups excluding carboxylic acids is 1. The lowest BCUT2D eigenvalue weighted by molar-refractivity contribution is -0.0697. The number of carbonyl (C=O) groups is 1. The lowest BCUT2D eigenvalue weighted by Gasteiger charge is -2.58. The predicted octanol–water partition coefficient (Wildman–Crippen LogP) is 1.43. The molecule has 4 heterocycles. The molecule has 2 aromatic rings. The van der Waals surface area contributed by atoms with Crippen LogP contribution in [0.25, 0.3) is 0 Å². The molecule has 0 unspecified atom stereocenters. The lowest BCUT2D eigenvalue weighted by atomic mass is 9.75. The van der Waals surface area contributed by atoms with E-state index in [0.717, 1.165) is 32.5 Å². The minimum atomic E-state index is 0.0245. The molecule has 2 aliphatic rings. The van der Waals surface area contributed by atoms with Gasteiger partial charge in [0.15, 0.2) is 0 Å². The van der Waals surface area contributed by atoms with E-state index in [1.54, 1.807) is 23.1 Å². The first-order valence-corrected chi connectivity index (χ1v) is 9.10. The smallest absolute Gasteiger partial charge is 0.274 e. The van der Waals surface area contributed by atoms with Crippen LogP contribution in [-0.4, -0.2) is 69.3 Å². The van der Waals surface area contributed by atoms with E-state index in [1.807, 2.05) is 30.1 Å². The van der Waals surface area contributed by atoms with Crippen LogP contribution in [0.2, 0.25) is 0 Å². The minimum Gasteiger partial charge on any atom is -0.477 e. The van der Waals surface area contributed by atoms with Gasteiger partial charge in [0.25, 0.3) is 5.91 Å². The Morgan fingerprint density at radius 2 is 2.15 bits per heavy atom. The highest BCUT2D eigenvalue weighted by atomic mass is 16.5. The first-order chi connectivity index (χ1) is 12.6. The zero-order chi connectivity index (χ0) is 18.1. The van der Waals surface area contributed by atoms with E-state index in [1.165, 1.54) is 0 Å². The zero-order valence-corrected chi connectivity index (χ0v) is 15.3. The molecule has 7 nitrogen and oxygen atoms in total.